The molecule has 0 saturated carbocycles. The number of phosphoric acid groups is 1. The number of nitrogens with one attached hydrogen (secondary N) is 1. The monoisotopic (exact) mass is 956 g/mol. The normalized spacial score (nSPS) is 13.9. The Morgan fingerprint density at radius 3 is 1.24 bits per heavy atom. The molecule has 0 aromatic carbocycles. The minimum Gasteiger partial charge on any atom is -0.456 e. The van der Waals surface area contributed by atoms with Crippen LogP contribution in [0.15, 0.2) is 12.2 Å². The number of unbranched alkanes of at least 4 members (excludes halogenated alkanes) is 36. The number of likely N-dealkylation sites (N-methyl/N-ethyl adjacent to an activating group) is 1. The molecule has 0 rings (SSSR count). The molecule has 0 spiro atoms. The molecule has 66 heavy (non-hydrogen) atoms. The van der Waals surface area contributed by atoms with Crippen LogP contribution in [0.1, 0.15) is 284 Å². The van der Waals surface area contributed by atoms with Gasteiger partial charge in [-0.1, -0.05) is 252 Å². The highest BCUT2D eigenvalue weighted by Gasteiger charge is 2.30. The summed E-state index contributed by atoms with van der Waals surface area (Å²) in [6, 6.07) is -0.837. The number of carbonyl (C=O) groups excluding carboxylic acids is 2. The predicted molar refractivity (Wildman–Crippen MR) is 282 cm³/mol. The number of ether oxygens (including phenoxy) is 1. The fourth-order valence-electron chi connectivity index (χ4n) is 8.53. The first-order chi connectivity index (χ1) is 31.9. The Morgan fingerprint density at radius 2 is 0.864 bits per heavy atom. The van der Waals surface area contributed by atoms with Crippen LogP contribution in [-0.2, 0) is 27.9 Å². The molecule has 1 amide bonds. The summed E-state index contributed by atoms with van der Waals surface area (Å²) in [6.07, 6.45) is 51.9. The van der Waals surface area contributed by atoms with Crippen LogP contribution in [0.4, 0.5) is 0 Å². The molecule has 0 heterocycles. The van der Waals surface area contributed by atoms with E-state index in [1.54, 1.807) is 0 Å². The molecule has 0 saturated heterocycles. The number of quaternary nitrogens is 1. The third kappa shape index (κ3) is 47.8. The van der Waals surface area contributed by atoms with E-state index in [-0.39, 0.29) is 25.1 Å². The van der Waals surface area contributed by atoms with Gasteiger partial charge in [0.15, 0.2) is 0 Å². The first-order valence-electron chi connectivity index (χ1n) is 28.5. The second-order valence-electron chi connectivity index (χ2n) is 20.8. The lowest BCUT2D eigenvalue weighted by Crippen LogP contribution is -2.47. The van der Waals surface area contributed by atoms with Crippen molar-refractivity contribution in [1.29, 1.82) is 0 Å². The number of esters is 1. The van der Waals surface area contributed by atoms with Gasteiger partial charge in [-0.3, -0.25) is 18.6 Å². The summed E-state index contributed by atoms with van der Waals surface area (Å²) < 4.78 is 30.6. The van der Waals surface area contributed by atoms with Crippen LogP contribution in [0.3, 0.4) is 0 Å². The van der Waals surface area contributed by atoms with Gasteiger partial charge in [-0.2, -0.15) is 0 Å². The summed E-state index contributed by atoms with van der Waals surface area (Å²) in [5.41, 5.74) is 0. The number of amides is 1. The van der Waals surface area contributed by atoms with Crippen LogP contribution >= 0.6 is 7.82 Å². The van der Waals surface area contributed by atoms with E-state index in [0.717, 1.165) is 57.8 Å². The molecule has 0 aliphatic heterocycles. The molecule has 0 aliphatic rings. The predicted octanol–water partition coefficient (Wildman–Crippen LogP) is 16.8. The fraction of sp³-hybridized carbons (Fsp3) is 0.929. The summed E-state index contributed by atoms with van der Waals surface area (Å²) in [7, 11) is 1.51. The maximum atomic E-state index is 13.5. The molecule has 0 radical (unpaired) electrons. The van der Waals surface area contributed by atoms with Gasteiger partial charge in [-0.05, 0) is 31.8 Å². The van der Waals surface area contributed by atoms with E-state index < -0.39 is 20.0 Å². The first-order valence-corrected chi connectivity index (χ1v) is 30.0. The summed E-state index contributed by atoms with van der Waals surface area (Å²) in [5, 5.41) is 3.05. The average Bonchev–Trinajstić information content (AvgIpc) is 3.27. The highest BCUT2D eigenvalue weighted by atomic mass is 31.2. The van der Waals surface area contributed by atoms with Crippen molar-refractivity contribution in [2.75, 3.05) is 40.9 Å². The lowest BCUT2D eigenvalue weighted by molar-refractivity contribution is -0.870. The van der Waals surface area contributed by atoms with Crippen LogP contribution in [0.2, 0.25) is 0 Å². The van der Waals surface area contributed by atoms with Crippen molar-refractivity contribution >= 4 is 19.7 Å². The Hall–Kier alpha value is -1.25. The summed E-state index contributed by atoms with van der Waals surface area (Å²) in [4.78, 5) is 37.5. The van der Waals surface area contributed by atoms with E-state index in [2.05, 4.69) is 26.1 Å². The van der Waals surface area contributed by atoms with E-state index in [1.807, 2.05) is 33.3 Å². The van der Waals surface area contributed by atoms with Crippen molar-refractivity contribution in [3.05, 3.63) is 12.2 Å². The maximum absolute atomic E-state index is 13.5. The molecule has 0 aromatic heterocycles. The van der Waals surface area contributed by atoms with Gasteiger partial charge in [0, 0.05) is 12.8 Å². The van der Waals surface area contributed by atoms with Gasteiger partial charge < -0.3 is 19.4 Å². The Bertz CT molecular complexity index is 1150. The van der Waals surface area contributed by atoms with Gasteiger partial charge in [0.2, 0.25) is 5.91 Å². The van der Waals surface area contributed by atoms with Crippen molar-refractivity contribution < 1.29 is 37.3 Å². The number of rotatable bonds is 52. The average molecular weight is 956 g/mol. The van der Waals surface area contributed by atoms with E-state index in [1.165, 1.54) is 193 Å². The van der Waals surface area contributed by atoms with Gasteiger partial charge >= 0.3 is 13.8 Å². The van der Waals surface area contributed by atoms with Gasteiger partial charge in [0.05, 0.1) is 33.8 Å². The molecule has 0 bridgehead atoms. The molecule has 10 heteroatoms. The number of hydrogen-bond acceptors (Lipinski definition) is 6. The zero-order valence-corrected chi connectivity index (χ0v) is 45.6. The molecule has 0 aromatic rings. The Balaban J connectivity index is 5.32. The highest BCUT2D eigenvalue weighted by molar-refractivity contribution is 7.47. The Kier molecular flexibility index (Phi) is 46.5. The zero-order chi connectivity index (χ0) is 48.7. The molecule has 392 valence electrons. The van der Waals surface area contributed by atoms with Gasteiger partial charge in [0.1, 0.15) is 19.3 Å². The van der Waals surface area contributed by atoms with E-state index in [4.69, 9.17) is 13.8 Å². The Morgan fingerprint density at radius 1 is 0.515 bits per heavy atom. The van der Waals surface area contributed by atoms with Crippen LogP contribution in [-0.4, -0.2) is 74.3 Å². The van der Waals surface area contributed by atoms with Crippen LogP contribution < -0.4 is 5.32 Å². The molecular weight excluding hydrogens is 844 g/mol. The second-order valence-corrected chi connectivity index (χ2v) is 22.3. The van der Waals surface area contributed by atoms with Crippen molar-refractivity contribution in [3.8, 4) is 0 Å². The zero-order valence-electron chi connectivity index (χ0n) is 44.7. The molecule has 2 N–H and O–H groups in total. The van der Waals surface area contributed by atoms with Gasteiger partial charge in [-0.15, -0.1) is 0 Å². The summed E-state index contributed by atoms with van der Waals surface area (Å²) in [5.74, 6) is -0.489. The molecular formula is C56H112N2O7P+. The van der Waals surface area contributed by atoms with Gasteiger partial charge in [0.25, 0.3) is 0 Å². The first kappa shape index (κ1) is 64.8. The highest BCUT2D eigenvalue weighted by Crippen LogP contribution is 2.43. The summed E-state index contributed by atoms with van der Waals surface area (Å²) >= 11 is 0. The minimum atomic E-state index is -4.43. The quantitative estimate of drug-likeness (QED) is 0.0205. The lowest BCUT2D eigenvalue weighted by Gasteiger charge is -2.27. The number of nitrogens with zero attached hydrogens (tertiary/aromatic N) is 1. The third-order valence-electron chi connectivity index (χ3n) is 13.0. The summed E-state index contributed by atoms with van der Waals surface area (Å²) in [6.45, 7) is 7.04. The SMILES string of the molecule is CCCCCCCCCCCCC/C=C/C(OC(=O)CCCCCCCCCCCCC)C(COP(=O)(O)OCC[N+](C)(C)C)NC(=O)CCCCCCCCCCCCCCCCCC. The minimum absolute atomic E-state index is 0.0454. The van der Waals surface area contributed by atoms with Crippen molar-refractivity contribution in [2.24, 2.45) is 0 Å². The number of phosphoric ester groups is 1. The molecule has 0 fully saturated rings. The van der Waals surface area contributed by atoms with E-state index >= 15 is 0 Å². The van der Waals surface area contributed by atoms with Crippen molar-refractivity contribution in [3.63, 3.8) is 0 Å². The Labute approximate surface area is 410 Å². The van der Waals surface area contributed by atoms with Crippen LogP contribution in [0.25, 0.3) is 0 Å². The van der Waals surface area contributed by atoms with Crippen LogP contribution in [0, 0.1) is 0 Å². The second kappa shape index (κ2) is 47.4. The third-order valence-corrected chi connectivity index (χ3v) is 14.0. The largest absolute Gasteiger partial charge is 0.472 e. The van der Waals surface area contributed by atoms with E-state index in [0.29, 0.717) is 23.9 Å². The maximum Gasteiger partial charge on any atom is 0.472 e. The van der Waals surface area contributed by atoms with Crippen molar-refractivity contribution in [1.82, 2.24) is 5.32 Å². The smallest absolute Gasteiger partial charge is 0.456 e. The van der Waals surface area contributed by atoms with Crippen LogP contribution in [0.5, 0.6) is 0 Å². The molecule has 3 atom stereocenters. The number of carbonyl (C=O) groups is 2. The standard InChI is InChI=1S/C56H111N2O7P/c1-7-10-13-16-19-22-25-27-28-29-31-34-36-39-42-45-48-55(59)57-53(52-64-66(61,62)63-51-50-58(4,5)6)54(47-44-41-38-35-33-30-26-23-20-17-14-11-8-2)65-56(60)49-46-43-40-37-32-24-21-18-15-12-9-3/h44,47,53-54H,7-43,45-46,48-52H2,1-6H3,(H-,57,59,61,62)/p+1/b47-44+. The molecule has 0 aliphatic carbocycles. The van der Waals surface area contributed by atoms with E-state index in [9.17, 15) is 19.0 Å². The molecule has 9 nitrogen and oxygen atoms in total. The number of allylic oxidation sites excluding steroid dienone is 1. The van der Waals surface area contributed by atoms with Gasteiger partial charge in [-0.25, -0.2) is 4.57 Å². The molecule has 3 unspecified atom stereocenters. The number of hydrogen-bond donors (Lipinski definition) is 2. The van der Waals surface area contributed by atoms with Crippen molar-refractivity contribution in [2.45, 2.75) is 296 Å². The fourth-order valence-corrected chi connectivity index (χ4v) is 9.27. The lowest BCUT2D eigenvalue weighted by atomic mass is 10.0. The topological polar surface area (TPSA) is 111 Å².